The lowest BCUT2D eigenvalue weighted by molar-refractivity contribution is 1.36. The van der Waals surface area contributed by atoms with Crippen LogP contribution in [0.25, 0.3) is 16.8 Å². The van der Waals surface area contributed by atoms with Crippen LogP contribution >= 0.6 is 50.5 Å². The van der Waals surface area contributed by atoms with Gasteiger partial charge in [-0.15, -0.1) is 11.3 Å². The van der Waals surface area contributed by atoms with Crippen LogP contribution in [-0.2, 0) is 0 Å². The van der Waals surface area contributed by atoms with Gasteiger partial charge in [0, 0.05) is 27.3 Å². The highest BCUT2D eigenvalue weighted by atomic mass is 79.9. The molecule has 0 amide bonds. The van der Waals surface area contributed by atoms with Crippen molar-refractivity contribution in [1.29, 1.82) is 5.26 Å². The molecule has 124 valence electrons. The first-order valence-electron chi connectivity index (χ1n) is 7.10. The molecule has 0 aliphatic heterocycles. The van der Waals surface area contributed by atoms with Crippen LogP contribution in [0.4, 0.5) is 5.69 Å². The fourth-order valence-electron chi connectivity index (χ4n) is 2.03. The molecule has 0 atom stereocenters. The van der Waals surface area contributed by atoms with Crippen LogP contribution in [0, 0.1) is 11.3 Å². The van der Waals surface area contributed by atoms with E-state index in [4.69, 9.17) is 23.2 Å². The van der Waals surface area contributed by atoms with Crippen molar-refractivity contribution < 1.29 is 0 Å². The van der Waals surface area contributed by atoms with Gasteiger partial charge in [-0.1, -0.05) is 51.3 Å². The summed E-state index contributed by atoms with van der Waals surface area (Å²) in [5.41, 5.74) is 3.02. The van der Waals surface area contributed by atoms with Crippen LogP contribution in [0.15, 0.2) is 58.5 Å². The maximum atomic E-state index is 9.43. The number of anilines is 1. The van der Waals surface area contributed by atoms with E-state index in [9.17, 15) is 5.26 Å². The van der Waals surface area contributed by atoms with Gasteiger partial charge in [-0.3, -0.25) is 0 Å². The van der Waals surface area contributed by atoms with Gasteiger partial charge >= 0.3 is 0 Å². The molecule has 25 heavy (non-hydrogen) atoms. The van der Waals surface area contributed by atoms with E-state index in [1.807, 2.05) is 29.6 Å². The molecule has 3 aromatic rings. The van der Waals surface area contributed by atoms with E-state index in [0.29, 0.717) is 20.6 Å². The van der Waals surface area contributed by atoms with Gasteiger partial charge in [0.05, 0.1) is 15.7 Å². The van der Waals surface area contributed by atoms with Crippen molar-refractivity contribution in [2.45, 2.75) is 0 Å². The number of nitrogens with one attached hydrogen (secondary N) is 1. The zero-order chi connectivity index (χ0) is 17.8. The summed E-state index contributed by atoms with van der Waals surface area (Å²) in [6, 6.07) is 15.2. The monoisotopic (exact) mass is 449 g/mol. The van der Waals surface area contributed by atoms with E-state index in [0.717, 1.165) is 21.4 Å². The van der Waals surface area contributed by atoms with Gasteiger partial charge in [0.15, 0.2) is 0 Å². The van der Waals surface area contributed by atoms with Crippen molar-refractivity contribution in [1.82, 2.24) is 4.98 Å². The van der Waals surface area contributed by atoms with Crippen molar-refractivity contribution >= 4 is 61.7 Å². The summed E-state index contributed by atoms with van der Waals surface area (Å²) >= 11 is 16.7. The van der Waals surface area contributed by atoms with E-state index in [2.05, 4.69) is 32.3 Å². The molecule has 1 heterocycles. The van der Waals surface area contributed by atoms with Gasteiger partial charge < -0.3 is 5.32 Å². The molecule has 0 aliphatic rings. The second-order valence-corrected chi connectivity index (χ2v) is 7.58. The summed E-state index contributed by atoms with van der Waals surface area (Å²) < 4.78 is 1.01. The Bertz CT molecular complexity index is 975. The summed E-state index contributed by atoms with van der Waals surface area (Å²) in [6.45, 7) is 0. The van der Waals surface area contributed by atoms with Crippen LogP contribution in [0.2, 0.25) is 10.0 Å². The van der Waals surface area contributed by atoms with Gasteiger partial charge in [-0.05, 0) is 30.3 Å². The van der Waals surface area contributed by atoms with Crippen molar-refractivity contribution in [2.75, 3.05) is 5.32 Å². The number of rotatable bonds is 4. The third-order valence-corrected chi connectivity index (χ3v) is 5.44. The Morgan fingerprint density at radius 2 is 1.92 bits per heavy atom. The summed E-state index contributed by atoms with van der Waals surface area (Å²) in [7, 11) is 0. The van der Waals surface area contributed by atoms with E-state index in [1.165, 1.54) is 11.3 Å². The molecule has 0 fully saturated rings. The largest absolute Gasteiger partial charge is 0.360 e. The standard InChI is InChI=1S/C18H10BrCl2N3S/c19-13-3-1-11(2-4-13)17-10-25-18(24-17)12(8-22)9-23-14-5-6-15(20)16(21)7-14/h1-7,9-10,23H. The second kappa shape index (κ2) is 8.03. The first-order chi connectivity index (χ1) is 12.1. The minimum Gasteiger partial charge on any atom is -0.360 e. The fraction of sp³-hybridized carbons (Fsp3) is 0. The first-order valence-corrected chi connectivity index (χ1v) is 9.53. The molecular formula is C18H10BrCl2N3S. The number of hydrogen-bond donors (Lipinski definition) is 1. The van der Waals surface area contributed by atoms with Crippen LogP contribution in [0.5, 0.6) is 0 Å². The van der Waals surface area contributed by atoms with E-state index in [-0.39, 0.29) is 0 Å². The Morgan fingerprint density at radius 3 is 2.60 bits per heavy atom. The number of halogens is 3. The normalized spacial score (nSPS) is 11.2. The molecule has 0 radical (unpaired) electrons. The van der Waals surface area contributed by atoms with E-state index in [1.54, 1.807) is 24.4 Å². The number of thiazole rings is 1. The summed E-state index contributed by atoms with van der Waals surface area (Å²) in [5, 5.41) is 16.0. The Balaban J connectivity index is 1.82. The minimum absolute atomic E-state index is 0.444. The van der Waals surface area contributed by atoms with Crippen molar-refractivity contribution in [3.63, 3.8) is 0 Å². The molecule has 0 bridgehead atoms. The topological polar surface area (TPSA) is 48.7 Å². The Labute approximate surface area is 167 Å². The second-order valence-electron chi connectivity index (χ2n) is 4.99. The number of aromatic nitrogens is 1. The predicted molar refractivity (Wildman–Crippen MR) is 109 cm³/mol. The van der Waals surface area contributed by atoms with Crippen LogP contribution in [0.3, 0.4) is 0 Å². The maximum Gasteiger partial charge on any atom is 0.136 e. The maximum absolute atomic E-state index is 9.43. The molecule has 3 nitrogen and oxygen atoms in total. The molecule has 0 spiro atoms. The highest BCUT2D eigenvalue weighted by Crippen LogP contribution is 2.28. The lowest BCUT2D eigenvalue weighted by atomic mass is 10.2. The van der Waals surface area contributed by atoms with Crippen LogP contribution < -0.4 is 5.32 Å². The number of nitriles is 1. The first kappa shape index (κ1) is 18.0. The van der Waals surface area contributed by atoms with Crippen molar-refractivity contribution in [3.05, 3.63) is 73.6 Å². The minimum atomic E-state index is 0.444. The van der Waals surface area contributed by atoms with Crippen LogP contribution in [0.1, 0.15) is 5.01 Å². The number of hydrogen-bond acceptors (Lipinski definition) is 4. The quantitative estimate of drug-likeness (QED) is 0.441. The average molecular weight is 451 g/mol. The van der Waals surface area contributed by atoms with Gasteiger partial charge in [0.1, 0.15) is 16.6 Å². The lowest BCUT2D eigenvalue weighted by Crippen LogP contribution is -1.91. The molecule has 2 aromatic carbocycles. The fourth-order valence-corrected chi connectivity index (χ4v) is 3.39. The smallest absolute Gasteiger partial charge is 0.136 e. The van der Waals surface area contributed by atoms with E-state index >= 15 is 0 Å². The van der Waals surface area contributed by atoms with Crippen molar-refractivity contribution in [2.24, 2.45) is 0 Å². The zero-order valence-corrected chi connectivity index (χ0v) is 16.5. The highest BCUT2D eigenvalue weighted by molar-refractivity contribution is 9.10. The van der Waals surface area contributed by atoms with E-state index < -0.39 is 0 Å². The van der Waals surface area contributed by atoms with Crippen LogP contribution in [-0.4, -0.2) is 4.98 Å². The van der Waals surface area contributed by atoms with Gasteiger partial charge in [0.2, 0.25) is 0 Å². The molecule has 0 saturated carbocycles. The lowest BCUT2D eigenvalue weighted by Gasteiger charge is -2.03. The predicted octanol–water partition coefficient (Wildman–Crippen LogP) is 6.86. The molecular weight excluding hydrogens is 441 g/mol. The summed E-state index contributed by atoms with van der Waals surface area (Å²) in [6.07, 6.45) is 1.61. The number of nitrogens with zero attached hydrogens (tertiary/aromatic N) is 2. The van der Waals surface area contributed by atoms with Gasteiger partial charge in [0.25, 0.3) is 0 Å². The SMILES string of the molecule is N#CC(=CNc1ccc(Cl)c(Cl)c1)c1nc(-c2ccc(Br)cc2)cs1. The van der Waals surface area contributed by atoms with Gasteiger partial charge in [-0.25, -0.2) is 4.98 Å². The highest BCUT2D eigenvalue weighted by Gasteiger charge is 2.09. The Kier molecular flexibility index (Phi) is 5.77. The molecule has 3 rings (SSSR count). The van der Waals surface area contributed by atoms with Crippen molar-refractivity contribution in [3.8, 4) is 17.3 Å². The Hall–Kier alpha value is -1.84. The summed E-state index contributed by atoms with van der Waals surface area (Å²) in [4.78, 5) is 4.55. The molecule has 1 N–H and O–H groups in total. The third-order valence-electron chi connectivity index (χ3n) is 3.30. The van der Waals surface area contributed by atoms with Gasteiger partial charge in [-0.2, -0.15) is 5.26 Å². The molecule has 0 aliphatic carbocycles. The third kappa shape index (κ3) is 4.42. The molecule has 1 aromatic heterocycles. The summed E-state index contributed by atoms with van der Waals surface area (Å²) in [5.74, 6) is 0. The number of allylic oxidation sites excluding steroid dienone is 1. The molecule has 7 heteroatoms. The molecule has 0 saturated heterocycles. The molecule has 0 unspecified atom stereocenters. The zero-order valence-electron chi connectivity index (χ0n) is 12.6. The Morgan fingerprint density at radius 1 is 1.16 bits per heavy atom. The average Bonchev–Trinajstić information content (AvgIpc) is 3.09. The number of benzene rings is 2.